The van der Waals surface area contributed by atoms with Gasteiger partial charge >= 0.3 is 0 Å². The predicted octanol–water partition coefficient (Wildman–Crippen LogP) is 5.06. The second kappa shape index (κ2) is 13.3. The molecule has 0 spiro atoms. The van der Waals surface area contributed by atoms with Crippen molar-refractivity contribution in [3.63, 3.8) is 0 Å². The molecule has 2 aromatic rings. The zero-order chi connectivity index (χ0) is 27.0. The van der Waals surface area contributed by atoms with Gasteiger partial charge in [0.1, 0.15) is 6.04 Å². The van der Waals surface area contributed by atoms with E-state index in [1.165, 1.54) is 17.0 Å². The second-order valence-corrected chi connectivity index (χ2v) is 12.2. The third-order valence-electron chi connectivity index (χ3n) is 6.95. The van der Waals surface area contributed by atoms with Gasteiger partial charge in [-0.15, -0.1) is 0 Å². The van der Waals surface area contributed by atoms with E-state index in [2.05, 4.69) is 5.32 Å². The number of para-hydroxylation sites is 1. The van der Waals surface area contributed by atoms with Crippen LogP contribution in [0.2, 0.25) is 5.02 Å². The van der Waals surface area contributed by atoms with Crippen molar-refractivity contribution in [1.29, 1.82) is 0 Å². The van der Waals surface area contributed by atoms with E-state index in [0.29, 0.717) is 17.1 Å². The van der Waals surface area contributed by atoms with E-state index in [9.17, 15) is 18.0 Å². The molecule has 37 heavy (non-hydrogen) atoms. The number of rotatable bonds is 11. The van der Waals surface area contributed by atoms with E-state index in [0.717, 1.165) is 36.8 Å². The molecule has 202 valence electrons. The molecular weight excluding hydrogens is 510 g/mol. The van der Waals surface area contributed by atoms with Crippen LogP contribution in [-0.2, 0) is 26.2 Å². The van der Waals surface area contributed by atoms with Crippen molar-refractivity contribution in [2.75, 3.05) is 17.1 Å². The van der Waals surface area contributed by atoms with Crippen LogP contribution in [0.4, 0.5) is 5.69 Å². The van der Waals surface area contributed by atoms with E-state index in [1.807, 2.05) is 37.3 Å². The van der Waals surface area contributed by atoms with Crippen LogP contribution in [0.15, 0.2) is 48.5 Å². The van der Waals surface area contributed by atoms with Crippen molar-refractivity contribution in [1.82, 2.24) is 10.2 Å². The zero-order valence-corrected chi connectivity index (χ0v) is 23.5. The molecule has 1 N–H and O–H groups in total. The summed E-state index contributed by atoms with van der Waals surface area (Å²) >= 11 is 6.38. The van der Waals surface area contributed by atoms with Gasteiger partial charge in [-0.25, -0.2) is 8.42 Å². The molecule has 0 aromatic heterocycles. The number of anilines is 1. The number of halogens is 1. The molecule has 1 saturated carbocycles. The Morgan fingerprint density at radius 1 is 1.05 bits per heavy atom. The first-order valence-corrected chi connectivity index (χ1v) is 15.2. The van der Waals surface area contributed by atoms with Crippen molar-refractivity contribution in [3.8, 4) is 0 Å². The molecule has 0 heterocycles. The average molecular weight is 548 g/mol. The number of hydrogen-bond acceptors (Lipinski definition) is 4. The van der Waals surface area contributed by atoms with Crippen molar-refractivity contribution in [2.24, 2.45) is 0 Å². The lowest BCUT2D eigenvalue weighted by Gasteiger charge is -2.32. The Bertz CT molecular complexity index is 1180. The molecule has 1 aliphatic carbocycles. The third-order valence-corrected chi connectivity index (χ3v) is 8.50. The van der Waals surface area contributed by atoms with E-state index in [4.69, 9.17) is 11.6 Å². The van der Waals surface area contributed by atoms with Gasteiger partial charge in [0, 0.05) is 30.6 Å². The van der Waals surface area contributed by atoms with Crippen LogP contribution < -0.4 is 9.62 Å². The Hall–Kier alpha value is -2.58. The smallest absolute Gasteiger partial charge is 0.242 e. The molecule has 0 radical (unpaired) electrons. The topological polar surface area (TPSA) is 86.8 Å². The first-order chi connectivity index (χ1) is 17.6. The fourth-order valence-corrected chi connectivity index (χ4v) is 6.01. The number of amides is 2. The first-order valence-electron chi connectivity index (χ1n) is 12.9. The van der Waals surface area contributed by atoms with Gasteiger partial charge in [0.25, 0.3) is 0 Å². The lowest BCUT2D eigenvalue weighted by atomic mass is 9.95. The fourth-order valence-electron chi connectivity index (χ4n) is 4.79. The zero-order valence-electron chi connectivity index (χ0n) is 22.0. The van der Waals surface area contributed by atoms with E-state index >= 15 is 0 Å². The number of benzene rings is 2. The largest absolute Gasteiger partial charge is 0.352 e. The lowest BCUT2D eigenvalue weighted by molar-refractivity contribution is -0.141. The molecule has 0 bridgehead atoms. The predicted molar refractivity (Wildman–Crippen MR) is 149 cm³/mol. The van der Waals surface area contributed by atoms with Crippen molar-refractivity contribution < 1.29 is 18.0 Å². The minimum atomic E-state index is -3.53. The van der Waals surface area contributed by atoms with Crippen LogP contribution in [-0.4, -0.2) is 50.0 Å². The molecule has 2 aromatic carbocycles. The molecule has 7 nitrogen and oxygen atoms in total. The summed E-state index contributed by atoms with van der Waals surface area (Å²) in [5.74, 6) is -0.394. The van der Waals surface area contributed by atoms with Gasteiger partial charge in [-0.05, 0) is 56.4 Å². The van der Waals surface area contributed by atoms with Gasteiger partial charge in [0.2, 0.25) is 21.8 Å². The molecule has 1 unspecified atom stereocenters. The lowest BCUT2D eigenvalue weighted by Crippen LogP contribution is -2.50. The van der Waals surface area contributed by atoms with E-state index in [1.54, 1.807) is 30.0 Å². The molecule has 3 rings (SSSR count). The van der Waals surface area contributed by atoms with Crippen LogP contribution in [0.5, 0.6) is 0 Å². The van der Waals surface area contributed by atoms with Crippen molar-refractivity contribution >= 4 is 39.1 Å². The van der Waals surface area contributed by atoms with Crippen LogP contribution in [0, 0.1) is 6.92 Å². The average Bonchev–Trinajstić information content (AvgIpc) is 2.86. The number of nitrogens with zero attached hydrogens (tertiary/aromatic N) is 2. The van der Waals surface area contributed by atoms with Crippen molar-refractivity contribution in [2.45, 2.75) is 77.4 Å². The maximum absolute atomic E-state index is 13.5. The highest BCUT2D eigenvalue weighted by molar-refractivity contribution is 7.92. The normalized spacial score (nSPS) is 15.1. The summed E-state index contributed by atoms with van der Waals surface area (Å²) < 4.78 is 26.4. The number of hydrogen-bond donors (Lipinski definition) is 1. The highest BCUT2D eigenvalue weighted by Gasteiger charge is 2.29. The minimum absolute atomic E-state index is 0.101. The number of sulfonamides is 1. The highest BCUT2D eigenvalue weighted by Crippen LogP contribution is 2.24. The Balaban J connectivity index is 1.73. The van der Waals surface area contributed by atoms with Gasteiger partial charge in [-0.2, -0.15) is 0 Å². The Labute approximate surface area is 226 Å². The van der Waals surface area contributed by atoms with Gasteiger partial charge in [-0.1, -0.05) is 67.3 Å². The molecular formula is C28H38ClN3O4S. The summed E-state index contributed by atoms with van der Waals surface area (Å²) in [5, 5.41) is 3.65. The van der Waals surface area contributed by atoms with Crippen LogP contribution in [0.25, 0.3) is 0 Å². The molecule has 0 saturated heterocycles. The van der Waals surface area contributed by atoms with E-state index < -0.39 is 16.1 Å². The third kappa shape index (κ3) is 8.20. The molecule has 2 amide bonds. The summed E-state index contributed by atoms with van der Waals surface area (Å²) in [6.45, 7) is 3.96. The summed E-state index contributed by atoms with van der Waals surface area (Å²) in [6.07, 6.45) is 6.88. The van der Waals surface area contributed by atoms with Gasteiger partial charge < -0.3 is 10.2 Å². The standard InChI is InChI=1S/C28H38ClN3O4S/c1-21-12-7-10-17-26(21)32(37(3,35)36)19-11-18-27(33)31(20-23-13-8-9-16-25(23)29)22(2)28(34)30-24-14-5-4-6-15-24/h7-10,12-13,16-17,22,24H,4-6,11,14-15,18-20H2,1-3H3,(H,30,34). The van der Waals surface area contributed by atoms with Crippen LogP contribution in [0.3, 0.4) is 0 Å². The summed E-state index contributed by atoms with van der Waals surface area (Å²) in [7, 11) is -3.53. The highest BCUT2D eigenvalue weighted by atomic mass is 35.5. The Kier molecular flexibility index (Phi) is 10.4. The van der Waals surface area contributed by atoms with Gasteiger partial charge in [-0.3, -0.25) is 13.9 Å². The van der Waals surface area contributed by atoms with Gasteiger partial charge in [0.05, 0.1) is 11.9 Å². The Morgan fingerprint density at radius 3 is 2.35 bits per heavy atom. The second-order valence-electron chi connectivity index (χ2n) is 9.86. The maximum atomic E-state index is 13.5. The van der Waals surface area contributed by atoms with Crippen LogP contribution >= 0.6 is 11.6 Å². The molecule has 1 fully saturated rings. The number of nitrogens with one attached hydrogen (secondary N) is 1. The van der Waals surface area contributed by atoms with Gasteiger partial charge in [0.15, 0.2) is 0 Å². The Morgan fingerprint density at radius 2 is 1.70 bits per heavy atom. The van der Waals surface area contributed by atoms with Crippen LogP contribution in [0.1, 0.15) is 63.0 Å². The minimum Gasteiger partial charge on any atom is -0.352 e. The fraction of sp³-hybridized carbons (Fsp3) is 0.500. The summed E-state index contributed by atoms with van der Waals surface area (Å²) in [5.41, 5.74) is 2.20. The quantitative estimate of drug-likeness (QED) is 0.426. The first kappa shape index (κ1) is 29.0. The monoisotopic (exact) mass is 547 g/mol. The summed E-state index contributed by atoms with van der Waals surface area (Å²) in [4.78, 5) is 28.2. The molecule has 1 atom stereocenters. The summed E-state index contributed by atoms with van der Waals surface area (Å²) in [6, 6.07) is 14.0. The number of carbonyl (C=O) groups is 2. The molecule has 9 heteroatoms. The number of aryl methyl sites for hydroxylation is 1. The maximum Gasteiger partial charge on any atom is 0.242 e. The molecule has 1 aliphatic rings. The SMILES string of the molecule is Cc1ccccc1N(CCCC(=O)N(Cc1ccccc1Cl)C(C)C(=O)NC1CCCCC1)S(C)(=O)=O. The van der Waals surface area contributed by atoms with Crippen molar-refractivity contribution in [3.05, 3.63) is 64.7 Å². The molecule has 0 aliphatic heterocycles. The number of carbonyl (C=O) groups excluding carboxylic acids is 2. The van der Waals surface area contributed by atoms with E-state index in [-0.39, 0.29) is 37.4 Å².